The summed E-state index contributed by atoms with van der Waals surface area (Å²) >= 11 is 0. The summed E-state index contributed by atoms with van der Waals surface area (Å²) in [5.41, 5.74) is 9.50. The average Bonchev–Trinajstić information content (AvgIpc) is 2.41. The van der Waals surface area contributed by atoms with Gasteiger partial charge in [-0.05, 0) is 38.0 Å². The van der Waals surface area contributed by atoms with Gasteiger partial charge in [0, 0.05) is 31.9 Å². The highest BCUT2D eigenvalue weighted by Crippen LogP contribution is 2.22. The number of anilines is 1. The Kier molecular flexibility index (Phi) is 4.10. The van der Waals surface area contributed by atoms with E-state index in [-0.39, 0.29) is 5.91 Å². The lowest BCUT2D eigenvalue weighted by Gasteiger charge is -2.37. The number of benzene rings is 1. The zero-order chi connectivity index (χ0) is 14.0. The van der Waals surface area contributed by atoms with E-state index in [1.807, 2.05) is 4.90 Å². The Morgan fingerprint density at radius 1 is 1.21 bits per heavy atom. The molecule has 1 atom stereocenters. The third-order valence-corrected chi connectivity index (χ3v) is 3.69. The molecule has 0 radical (unpaired) electrons. The van der Waals surface area contributed by atoms with Gasteiger partial charge in [-0.3, -0.25) is 4.79 Å². The number of amides is 1. The summed E-state index contributed by atoms with van der Waals surface area (Å²) < 4.78 is 0. The third-order valence-electron chi connectivity index (χ3n) is 3.69. The van der Waals surface area contributed by atoms with Crippen molar-refractivity contribution in [3.05, 3.63) is 29.3 Å². The molecule has 1 fully saturated rings. The van der Waals surface area contributed by atoms with Gasteiger partial charge in [-0.15, -0.1) is 0 Å². The number of rotatable bonds is 2. The van der Waals surface area contributed by atoms with E-state index in [9.17, 15) is 4.79 Å². The van der Waals surface area contributed by atoms with E-state index in [0.717, 1.165) is 26.2 Å². The first-order valence-electron chi connectivity index (χ1n) is 6.85. The van der Waals surface area contributed by atoms with E-state index in [1.54, 1.807) is 6.92 Å². The summed E-state index contributed by atoms with van der Waals surface area (Å²) in [6.07, 6.45) is 0. The highest BCUT2D eigenvalue weighted by atomic mass is 16.2. The Balaban J connectivity index is 2.04. The number of hydrogen-bond acceptors (Lipinski definition) is 3. The summed E-state index contributed by atoms with van der Waals surface area (Å²) in [6.45, 7) is 9.26. The standard InChI is InChI=1S/C15H23N3O/c1-11-4-5-12(2)14(10-11)17-6-8-18(9-7-17)15(19)13(3)16/h4-5,10,13H,6-9,16H2,1-3H3/t13-/m1/s1. The number of aryl methyl sites for hydroxylation is 2. The van der Waals surface area contributed by atoms with Gasteiger partial charge in [0.15, 0.2) is 0 Å². The van der Waals surface area contributed by atoms with Crippen LogP contribution in [-0.2, 0) is 4.79 Å². The molecule has 1 saturated heterocycles. The number of carbonyl (C=O) groups excluding carboxylic acids is 1. The molecule has 1 aromatic rings. The summed E-state index contributed by atoms with van der Waals surface area (Å²) in [6, 6.07) is 6.12. The lowest BCUT2D eigenvalue weighted by atomic mass is 10.1. The highest BCUT2D eigenvalue weighted by molar-refractivity contribution is 5.81. The molecule has 2 rings (SSSR count). The van der Waals surface area contributed by atoms with Crippen LogP contribution < -0.4 is 10.6 Å². The zero-order valence-corrected chi connectivity index (χ0v) is 12.0. The lowest BCUT2D eigenvalue weighted by molar-refractivity contribution is -0.132. The monoisotopic (exact) mass is 261 g/mol. The number of nitrogens with two attached hydrogens (primary N) is 1. The van der Waals surface area contributed by atoms with E-state index < -0.39 is 6.04 Å². The summed E-state index contributed by atoms with van der Waals surface area (Å²) in [4.78, 5) is 16.1. The van der Waals surface area contributed by atoms with Crippen molar-refractivity contribution >= 4 is 11.6 Å². The van der Waals surface area contributed by atoms with Crippen LogP contribution in [0.5, 0.6) is 0 Å². The Bertz CT molecular complexity index is 462. The average molecular weight is 261 g/mol. The molecular weight excluding hydrogens is 238 g/mol. The Morgan fingerprint density at radius 3 is 2.42 bits per heavy atom. The molecule has 4 heteroatoms. The van der Waals surface area contributed by atoms with E-state index in [1.165, 1.54) is 16.8 Å². The van der Waals surface area contributed by atoms with Crippen molar-refractivity contribution in [1.82, 2.24) is 4.90 Å². The van der Waals surface area contributed by atoms with Gasteiger partial charge >= 0.3 is 0 Å². The minimum Gasteiger partial charge on any atom is -0.368 e. The van der Waals surface area contributed by atoms with Crippen LogP contribution in [0.1, 0.15) is 18.1 Å². The number of carbonyl (C=O) groups is 1. The lowest BCUT2D eigenvalue weighted by Crippen LogP contribution is -2.52. The van der Waals surface area contributed by atoms with Gasteiger partial charge in [0.05, 0.1) is 6.04 Å². The summed E-state index contributed by atoms with van der Waals surface area (Å²) in [5.74, 6) is 0.0561. The van der Waals surface area contributed by atoms with E-state index in [4.69, 9.17) is 5.73 Å². The molecule has 2 N–H and O–H groups in total. The minimum atomic E-state index is -0.396. The molecule has 0 bridgehead atoms. The van der Waals surface area contributed by atoms with Crippen LogP contribution >= 0.6 is 0 Å². The molecule has 1 amide bonds. The first-order chi connectivity index (χ1) is 8.99. The quantitative estimate of drug-likeness (QED) is 0.873. The second-order valence-electron chi connectivity index (χ2n) is 5.39. The Hall–Kier alpha value is -1.55. The summed E-state index contributed by atoms with van der Waals surface area (Å²) in [7, 11) is 0. The van der Waals surface area contributed by atoms with Gasteiger partial charge in [-0.1, -0.05) is 12.1 Å². The van der Waals surface area contributed by atoms with Crippen molar-refractivity contribution in [2.24, 2.45) is 5.73 Å². The molecule has 1 aliphatic heterocycles. The van der Waals surface area contributed by atoms with Gasteiger partial charge in [0.1, 0.15) is 0 Å². The molecule has 1 aliphatic rings. The Labute approximate surface area is 115 Å². The molecule has 1 heterocycles. The molecule has 0 unspecified atom stereocenters. The van der Waals surface area contributed by atoms with Crippen LogP contribution in [0.4, 0.5) is 5.69 Å². The highest BCUT2D eigenvalue weighted by Gasteiger charge is 2.23. The van der Waals surface area contributed by atoms with E-state index in [2.05, 4.69) is 36.9 Å². The Morgan fingerprint density at radius 2 is 1.84 bits per heavy atom. The summed E-state index contributed by atoms with van der Waals surface area (Å²) in [5, 5.41) is 0. The van der Waals surface area contributed by atoms with Crippen LogP contribution in [0, 0.1) is 13.8 Å². The van der Waals surface area contributed by atoms with Crippen LogP contribution in [0.3, 0.4) is 0 Å². The predicted molar refractivity (Wildman–Crippen MR) is 78.4 cm³/mol. The van der Waals surface area contributed by atoms with Crippen molar-refractivity contribution in [1.29, 1.82) is 0 Å². The van der Waals surface area contributed by atoms with Crippen molar-refractivity contribution in [2.75, 3.05) is 31.1 Å². The van der Waals surface area contributed by atoms with Gasteiger partial charge in [-0.25, -0.2) is 0 Å². The topological polar surface area (TPSA) is 49.6 Å². The fraction of sp³-hybridized carbons (Fsp3) is 0.533. The number of piperazine rings is 1. The van der Waals surface area contributed by atoms with Gasteiger partial charge in [-0.2, -0.15) is 0 Å². The largest absolute Gasteiger partial charge is 0.368 e. The molecule has 1 aromatic carbocycles. The fourth-order valence-electron chi connectivity index (χ4n) is 2.52. The molecule has 104 valence electrons. The molecule has 4 nitrogen and oxygen atoms in total. The van der Waals surface area contributed by atoms with E-state index >= 15 is 0 Å². The minimum absolute atomic E-state index is 0.0561. The molecule has 19 heavy (non-hydrogen) atoms. The molecule has 0 aliphatic carbocycles. The maximum atomic E-state index is 11.8. The van der Waals surface area contributed by atoms with Crippen LogP contribution in [0.25, 0.3) is 0 Å². The first-order valence-corrected chi connectivity index (χ1v) is 6.85. The molecule has 0 saturated carbocycles. The third kappa shape index (κ3) is 3.07. The van der Waals surface area contributed by atoms with Crippen LogP contribution in [0.2, 0.25) is 0 Å². The molecule has 0 spiro atoms. The van der Waals surface area contributed by atoms with Crippen molar-refractivity contribution in [2.45, 2.75) is 26.8 Å². The maximum absolute atomic E-state index is 11.8. The second kappa shape index (κ2) is 5.61. The normalized spacial score (nSPS) is 17.5. The van der Waals surface area contributed by atoms with Crippen LogP contribution in [0.15, 0.2) is 18.2 Å². The zero-order valence-electron chi connectivity index (χ0n) is 12.0. The van der Waals surface area contributed by atoms with Gasteiger partial charge < -0.3 is 15.5 Å². The van der Waals surface area contributed by atoms with Gasteiger partial charge in [0.25, 0.3) is 0 Å². The second-order valence-corrected chi connectivity index (χ2v) is 5.39. The van der Waals surface area contributed by atoms with Crippen LogP contribution in [-0.4, -0.2) is 43.0 Å². The van der Waals surface area contributed by atoms with Crippen molar-refractivity contribution < 1.29 is 4.79 Å². The van der Waals surface area contributed by atoms with Gasteiger partial charge in [0.2, 0.25) is 5.91 Å². The predicted octanol–water partition coefficient (Wildman–Crippen LogP) is 1.30. The van der Waals surface area contributed by atoms with E-state index in [0.29, 0.717) is 0 Å². The smallest absolute Gasteiger partial charge is 0.239 e. The fourth-order valence-corrected chi connectivity index (χ4v) is 2.52. The molecular formula is C15H23N3O. The number of hydrogen-bond donors (Lipinski definition) is 1. The number of nitrogens with zero attached hydrogens (tertiary/aromatic N) is 2. The SMILES string of the molecule is Cc1ccc(C)c(N2CCN(C(=O)[C@@H](C)N)CC2)c1. The maximum Gasteiger partial charge on any atom is 0.239 e. The first kappa shape index (κ1) is 13.9. The molecule has 0 aromatic heterocycles. The van der Waals surface area contributed by atoms with Crippen molar-refractivity contribution in [3.63, 3.8) is 0 Å². The van der Waals surface area contributed by atoms with Crippen molar-refractivity contribution in [3.8, 4) is 0 Å².